The van der Waals surface area contributed by atoms with Gasteiger partial charge in [0, 0.05) is 25.5 Å². The fraction of sp³-hybridized carbons (Fsp3) is 0.400. The molecular formula is C15H18ClN3O2. The van der Waals surface area contributed by atoms with E-state index in [1.165, 1.54) is 0 Å². The van der Waals surface area contributed by atoms with Crippen molar-refractivity contribution in [3.05, 3.63) is 23.0 Å². The third kappa shape index (κ3) is 2.42. The highest BCUT2D eigenvalue weighted by Gasteiger charge is 2.19. The fourth-order valence-electron chi connectivity index (χ4n) is 2.46. The van der Waals surface area contributed by atoms with Gasteiger partial charge in [-0.25, -0.2) is 4.98 Å². The number of imidazole rings is 1. The number of aromatic nitrogens is 2. The molecular weight excluding hydrogens is 290 g/mol. The van der Waals surface area contributed by atoms with Crippen molar-refractivity contribution in [2.45, 2.75) is 19.8 Å². The first-order chi connectivity index (χ1) is 10.1. The van der Waals surface area contributed by atoms with Gasteiger partial charge in [-0.1, -0.05) is 18.5 Å². The van der Waals surface area contributed by atoms with Gasteiger partial charge in [0.1, 0.15) is 17.3 Å². The highest BCUT2D eigenvalue weighted by Crippen LogP contribution is 2.41. The van der Waals surface area contributed by atoms with Crippen molar-refractivity contribution in [2.75, 3.05) is 18.9 Å². The van der Waals surface area contributed by atoms with E-state index in [4.69, 9.17) is 26.8 Å². The maximum atomic E-state index is 6.32. The molecule has 0 radical (unpaired) electrons. The molecule has 1 aliphatic heterocycles. The molecule has 1 aromatic carbocycles. The largest absolute Gasteiger partial charge is 0.489 e. The lowest BCUT2D eigenvalue weighted by molar-refractivity contribution is 0.297. The van der Waals surface area contributed by atoms with Crippen LogP contribution in [0.25, 0.3) is 11.3 Å². The number of benzene rings is 1. The molecule has 0 bridgehead atoms. The van der Waals surface area contributed by atoms with Crippen LogP contribution in [0.2, 0.25) is 5.02 Å². The minimum Gasteiger partial charge on any atom is -0.489 e. The lowest BCUT2D eigenvalue weighted by atomic mass is 10.1. The highest BCUT2D eigenvalue weighted by molar-refractivity contribution is 6.32. The fourth-order valence-corrected chi connectivity index (χ4v) is 2.72. The normalized spacial score (nSPS) is 14.0. The van der Waals surface area contributed by atoms with E-state index in [-0.39, 0.29) is 0 Å². The second kappa shape index (κ2) is 5.48. The van der Waals surface area contributed by atoms with Crippen molar-refractivity contribution in [1.82, 2.24) is 9.55 Å². The Balaban J connectivity index is 2.11. The number of anilines is 1. The minimum absolute atomic E-state index is 0.521. The van der Waals surface area contributed by atoms with Crippen LogP contribution in [0.5, 0.6) is 11.5 Å². The molecule has 1 aliphatic rings. The summed E-state index contributed by atoms with van der Waals surface area (Å²) in [6.07, 6.45) is 1.66. The summed E-state index contributed by atoms with van der Waals surface area (Å²) in [4.78, 5) is 4.59. The zero-order valence-electron chi connectivity index (χ0n) is 12.1. The average molecular weight is 308 g/mol. The van der Waals surface area contributed by atoms with Crippen LogP contribution in [0.1, 0.15) is 19.2 Å². The Morgan fingerprint density at radius 1 is 1.33 bits per heavy atom. The molecule has 0 spiro atoms. The molecule has 2 N–H and O–H groups in total. The van der Waals surface area contributed by atoms with E-state index in [1.807, 2.05) is 30.7 Å². The predicted octanol–water partition coefficient (Wildman–Crippen LogP) is 3.05. The Bertz CT molecular complexity index is 682. The molecule has 5 nitrogen and oxygen atoms in total. The van der Waals surface area contributed by atoms with Crippen LogP contribution < -0.4 is 15.2 Å². The second-order valence-electron chi connectivity index (χ2n) is 5.01. The third-order valence-electron chi connectivity index (χ3n) is 3.62. The molecule has 0 saturated heterocycles. The lowest BCUT2D eigenvalue weighted by Crippen LogP contribution is -2.00. The number of nitrogen functional groups attached to an aromatic ring is 1. The molecule has 0 aliphatic carbocycles. The topological polar surface area (TPSA) is 62.3 Å². The molecule has 21 heavy (non-hydrogen) atoms. The zero-order chi connectivity index (χ0) is 15.0. The van der Waals surface area contributed by atoms with Gasteiger partial charge in [0.2, 0.25) is 0 Å². The first-order valence-corrected chi connectivity index (χ1v) is 7.40. The number of aryl methyl sites for hydroxylation is 1. The van der Waals surface area contributed by atoms with Crippen molar-refractivity contribution < 1.29 is 9.47 Å². The van der Waals surface area contributed by atoms with Gasteiger partial charge in [-0.3, -0.25) is 0 Å². The summed E-state index contributed by atoms with van der Waals surface area (Å²) in [7, 11) is 1.91. The maximum absolute atomic E-state index is 6.32. The summed E-state index contributed by atoms with van der Waals surface area (Å²) in [6.45, 7) is 3.27. The number of ether oxygens (including phenoxy) is 2. The van der Waals surface area contributed by atoms with E-state index in [1.54, 1.807) is 0 Å². The molecule has 2 heterocycles. The van der Waals surface area contributed by atoms with Gasteiger partial charge in [-0.05, 0) is 12.1 Å². The van der Waals surface area contributed by atoms with Gasteiger partial charge in [-0.2, -0.15) is 0 Å². The molecule has 6 heteroatoms. The summed E-state index contributed by atoms with van der Waals surface area (Å²) in [5.74, 6) is 2.81. The average Bonchev–Trinajstić information content (AvgIpc) is 2.67. The maximum Gasteiger partial charge on any atom is 0.179 e. The molecule has 0 fully saturated rings. The third-order valence-corrected chi connectivity index (χ3v) is 3.90. The molecule has 0 saturated carbocycles. The zero-order valence-corrected chi connectivity index (χ0v) is 12.9. The number of hydrogen-bond acceptors (Lipinski definition) is 4. The van der Waals surface area contributed by atoms with Crippen LogP contribution >= 0.6 is 11.6 Å². The summed E-state index contributed by atoms with van der Waals surface area (Å²) >= 11 is 6.32. The quantitative estimate of drug-likeness (QED) is 0.926. The number of nitrogens with zero attached hydrogens (tertiary/aromatic N) is 2. The summed E-state index contributed by atoms with van der Waals surface area (Å²) < 4.78 is 13.2. The molecule has 3 rings (SSSR count). The Morgan fingerprint density at radius 2 is 2.10 bits per heavy atom. The Hall–Kier alpha value is -1.88. The van der Waals surface area contributed by atoms with Crippen molar-refractivity contribution in [1.29, 1.82) is 0 Å². The van der Waals surface area contributed by atoms with Gasteiger partial charge in [0.05, 0.1) is 18.2 Å². The predicted molar refractivity (Wildman–Crippen MR) is 83.1 cm³/mol. The number of rotatable bonds is 2. The van der Waals surface area contributed by atoms with Gasteiger partial charge in [0.15, 0.2) is 11.5 Å². The molecule has 0 unspecified atom stereocenters. The van der Waals surface area contributed by atoms with Crippen molar-refractivity contribution in [3.8, 4) is 22.8 Å². The smallest absolute Gasteiger partial charge is 0.179 e. The van der Waals surface area contributed by atoms with Crippen LogP contribution in [0.3, 0.4) is 0 Å². The summed E-state index contributed by atoms with van der Waals surface area (Å²) in [6, 6.07) is 3.72. The Morgan fingerprint density at radius 3 is 2.81 bits per heavy atom. The van der Waals surface area contributed by atoms with E-state index in [0.717, 1.165) is 29.9 Å². The number of hydrogen-bond donors (Lipinski definition) is 1. The van der Waals surface area contributed by atoms with Crippen LogP contribution in [0.15, 0.2) is 12.1 Å². The van der Waals surface area contributed by atoms with Crippen LogP contribution in [0.4, 0.5) is 5.82 Å². The summed E-state index contributed by atoms with van der Waals surface area (Å²) in [5.41, 5.74) is 7.73. The van der Waals surface area contributed by atoms with Gasteiger partial charge in [0.25, 0.3) is 0 Å². The van der Waals surface area contributed by atoms with Crippen molar-refractivity contribution in [3.63, 3.8) is 0 Å². The van der Waals surface area contributed by atoms with Crippen molar-refractivity contribution >= 4 is 17.4 Å². The van der Waals surface area contributed by atoms with E-state index < -0.39 is 0 Å². The molecule has 0 amide bonds. The van der Waals surface area contributed by atoms with Gasteiger partial charge >= 0.3 is 0 Å². The Kier molecular flexibility index (Phi) is 3.68. The van der Waals surface area contributed by atoms with E-state index >= 15 is 0 Å². The number of halogens is 1. The molecule has 2 aromatic rings. The lowest BCUT2D eigenvalue weighted by Gasteiger charge is -2.11. The first-order valence-electron chi connectivity index (χ1n) is 7.02. The van der Waals surface area contributed by atoms with E-state index in [2.05, 4.69) is 4.98 Å². The minimum atomic E-state index is 0.521. The molecule has 112 valence electrons. The van der Waals surface area contributed by atoms with Gasteiger partial charge < -0.3 is 19.8 Å². The number of nitrogens with two attached hydrogens (primary N) is 1. The standard InChI is InChI=1S/C15H18ClN3O2/c1-3-12-18-13(15(17)19(12)2)9-7-10(16)14-11(8-9)20-5-4-6-21-14/h7-8H,3-6,17H2,1-2H3. The van der Waals surface area contributed by atoms with Crippen LogP contribution in [-0.4, -0.2) is 22.8 Å². The molecule has 1 aromatic heterocycles. The molecule has 0 atom stereocenters. The first kappa shape index (κ1) is 14.1. The number of fused-ring (bicyclic) bond motifs is 1. The van der Waals surface area contributed by atoms with Crippen LogP contribution in [0, 0.1) is 0 Å². The van der Waals surface area contributed by atoms with E-state index in [0.29, 0.717) is 35.6 Å². The van der Waals surface area contributed by atoms with E-state index in [9.17, 15) is 0 Å². The Labute approximate surface area is 128 Å². The second-order valence-corrected chi connectivity index (χ2v) is 5.42. The SMILES string of the molecule is CCc1nc(-c2cc(Cl)c3c(c2)OCCCO3)c(N)n1C. The van der Waals surface area contributed by atoms with Crippen LogP contribution in [-0.2, 0) is 13.5 Å². The van der Waals surface area contributed by atoms with Crippen molar-refractivity contribution in [2.24, 2.45) is 7.05 Å². The monoisotopic (exact) mass is 307 g/mol. The highest BCUT2D eigenvalue weighted by atomic mass is 35.5. The van der Waals surface area contributed by atoms with Gasteiger partial charge in [-0.15, -0.1) is 0 Å². The summed E-state index contributed by atoms with van der Waals surface area (Å²) in [5, 5.41) is 0.521.